The van der Waals surface area contributed by atoms with Crippen LogP contribution in [-0.2, 0) is 0 Å². The number of hydrazine groups is 1. The molecule has 1 aliphatic rings. The van der Waals surface area contributed by atoms with Crippen molar-refractivity contribution in [3.8, 4) is 0 Å². The Morgan fingerprint density at radius 1 is 1.64 bits per heavy atom. The standard InChI is InChI=1S/C6H13N3O2/c1-5-4-8(9(10)11)6(2)3-7-5/h5-7H,3-4H2,1-2H3. The van der Waals surface area contributed by atoms with Crippen molar-refractivity contribution in [2.45, 2.75) is 25.9 Å². The maximum Gasteiger partial charge on any atom is 0.160 e. The zero-order valence-corrected chi connectivity index (χ0v) is 6.78. The van der Waals surface area contributed by atoms with Crippen molar-refractivity contribution < 1.29 is 5.03 Å². The van der Waals surface area contributed by atoms with Gasteiger partial charge >= 0.3 is 0 Å². The van der Waals surface area contributed by atoms with Crippen LogP contribution in [-0.4, -0.2) is 35.2 Å². The molecule has 0 amide bonds. The highest BCUT2D eigenvalue weighted by Crippen LogP contribution is 2.05. The largest absolute Gasteiger partial charge is 0.310 e. The Kier molecular flexibility index (Phi) is 2.28. The monoisotopic (exact) mass is 159 g/mol. The summed E-state index contributed by atoms with van der Waals surface area (Å²) in [6.07, 6.45) is 0. The van der Waals surface area contributed by atoms with Gasteiger partial charge in [-0.1, -0.05) is 0 Å². The molecular weight excluding hydrogens is 146 g/mol. The van der Waals surface area contributed by atoms with E-state index in [4.69, 9.17) is 0 Å². The second kappa shape index (κ2) is 3.04. The van der Waals surface area contributed by atoms with E-state index in [1.165, 1.54) is 5.01 Å². The van der Waals surface area contributed by atoms with Crippen LogP contribution >= 0.6 is 0 Å². The molecule has 1 saturated heterocycles. The highest BCUT2D eigenvalue weighted by atomic mass is 16.7. The van der Waals surface area contributed by atoms with Crippen molar-refractivity contribution in [3.63, 3.8) is 0 Å². The van der Waals surface area contributed by atoms with Crippen molar-refractivity contribution in [2.24, 2.45) is 0 Å². The van der Waals surface area contributed by atoms with Crippen LogP contribution in [0.25, 0.3) is 0 Å². The van der Waals surface area contributed by atoms with E-state index in [2.05, 4.69) is 5.32 Å². The van der Waals surface area contributed by atoms with Gasteiger partial charge < -0.3 is 5.32 Å². The maximum atomic E-state index is 10.4. The Labute approximate surface area is 65.5 Å². The summed E-state index contributed by atoms with van der Waals surface area (Å²) >= 11 is 0. The predicted molar refractivity (Wildman–Crippen MR) is 40.6 cm³/mol. The van der Waals surface area contributed by atoms with E-state index < -0.39 is 0 Å². The molecular formula is C6H13N3O2. The topological polar surface area (TPSA) is 58.4 Å². The predicted octanol–water partition coefficient (Wildman–Crippen LogP) is -0.140. The summed E-state index contributed by atoms with van der Waals surface area (Å²) in [5.74, 6) is 0. The number of nitro groups is 1. The highest BCUT2D eigenvalue weighted by Gasteiger charge is 2.28. The fraction of sp³-hybridized carbons (Fsp3) is 1.00. The molecule has 11 heavy (non-hydrogen) atoms. The quantitative estimate of drug-likeness (QED) is 0.427. The fourth-order valence-electron chi connectivity index (χ4n) is 1.23. The molecule has 0 aromatic carbocycles. The maximum absolute atomic E-state index is 10.4. The molecule has 0 aliphatic carbocycles. The summed E-state index contributed by atoms with van der Waals surface area (Å²) < 4.78 is 0. The van der Waals surface area contributed by atoms with Crippen molar-refractivity contribution in [1.82, 2.24) is 10.3 Å². The zero-order valence-electron chi connectivity index (χ0n) is 6.78. The first kappa shape index (κ1) is 8.26. The fourth-order valence-corrected chi connectivity index (χ4v) is 1.23. The Balaban J connectivity index is 2.54. The molecule has 5 heteroatoms. The Hall–Kier alpha value is -0.840. The number of hydrogen-bond donors (Lipinski definition) is 1. The number of nitrogens with zero attached hydrogens (tertiary/aromatic N) is 2. The minimum Gasteiger partial charge on any atom is -0.310 e. The smallest absolute Gasteiger partial charge is 0.160 e. The van der Waals surface area contributed by atoms with Crippen molar-refractivity contribution in [1.29, 1.82) is 0 Å². The van der Waals surface area contributed by atoms with Gasteiger partial charge in [0.1, 0.15) is 0 Å². The van der Waals surface area contributed by atoms with E-state index >= 15 is 0 Å². The van der Waals surface area contributed by atoms with E-state index in [9.17, 15) is 10.1 Å². The second-order valence-corrected chi connectivity index (χ2v) is 3.02. The van der Waals surface area contributed by atoms with Crippen LogP contribution in [0, 0.1) is 10.1 Å². The average molecular weight is 159 g/mol. The molecule has 0 aromatic heterocycles. The molecule has 1 aliphatic heterocycles. The molecule has 0 spiro atoms. The van der Waals surface area contributed by atoms with Crippen LogP contribution < -0.4 is 5.32 Å². The third-order valence-corrected chi connectivity index (χ3v) is 1.94. The molecule has 0 bridgehead atoms. The van der Waals surface area contributed by atoms with Gasteiger partial charge in [-0.3, -0.25) is 0 Å². The lowest BCUT2D eigenvalue weighted by Crippen LogP contribution is -2.56. The average Bonchev–Trinajstić information content (AvgIpc) is 1.94. The lowest BCUT2D eigenvalue weighted by molar-refractivity contribution is -0.665. The molecule has 1 heterocycles. The lowest BCUT2D eigenvalue weighted by Gasteiger charge is -2.30. The first-order valence-corrected chi connectivity index (χ1v) is 3.75. The van der Waals surface area contributed by atoms with Gasteiger partial charge in [-0.2, -0.15) is 0 Å². The molecule has 2 atom stereocenters. The van der Waals surface area contributed by atoms with E-state index in [-0.39, 0.29) is 17.1 Å². The van der Waals surface area contributed by atoms with Gasteiger partial charge in [-0.05, 0) is 13.8 Å². The van der Waals surface area contributed by atoms with E-state index in [1.54, 1.807) is 0 Å². The summed E-state index contributed by atoms with van der Waals surface area (Å²) in [6.45, 7) is 4.99. The molecule has 0 radical (unpaired) electrons. The summed E-state index contributed by atoms with van der Waals surface area (Å²) in [5, 5.41) is 14.5. The van der Waals surface area contributed by atoms with Gasteiger partial charge in [0.15, 0.2) is 5.03 Å². The van der Waals surface area contributed by atoms with Gasteiger partial charge in [0, 0.05) is 12.6 Å². The lowest BCUT2D eigenvalue weighted by atomic mass is 10.2. The zero-order chi connectivity index (χ0) is 8.43. The summed E-state index contributed by atoms with van der Waals surface area (Å²) in [7, 11) is 0. The molecule has 0 saturated carbocycles. The minimum absolute atomic E-state index is 0.00111. The summed E-state index contributed by atoms with van der Waals surface area (Å²) in [6, 6.07) is 0.220. The van der Waals surface area contributed by atoms with E-state index in [1.807, 2.05) is 13.8 Å². The van der Waals surface area contributed by atoms with E-state index in [0.29, 0.717) is 13.1 Å². The highest BCUT2D eigenvalue weighted by molar-refractivity contribution is 4.76. The second-order valence-electron chi connectivity index (χ2n) is 3.02. The molecule has 1 N–H and O–H groups in total. The Bertz CT molecular complexity index is 162. The number of piperazine rings is 1. The van der Waals surface area contributed by atoms with Crippen LogP contribution in [0.3, 0.4) is 0 Å². The summed E-state index contributed by atoms with van der Waals surface area (Å²) in [4.78, 5) is 10.4. The first-order chi connectivity index (χ1) is 5.11. The minimum atomic E-state index is -0.317. The van der Waals surface area contributed by atoms with Gasteiger partial charge in [-0.15, -0.1) is 5.01 Å². The van der Waals surface area contributed by atoms with Crippen LogP contribution in [0.5, 0.6) is 0 Å². The van der Waals surface area contributed by atoms with Gasteiger partial charge in [0.05, 0.1) is 12.6 Å². The van der Waals surface area contributed by atoms with E-state index in [0.717, 1.165) is 0 Å². The molecule has 2 unspecified atom stereocenters. The van der Waals surface area contributed by atoms with Gasteiger partial charge in [0.25, 0.3) is 0 Å². The normalized spacial score (nSPS) is 32.0. The Morgan fingerprint density at radius 3 is 2.73 bits per heavy atom. The number of nitrogens with one attached hydrogen (secondary N) is 1. The SMILES string of the molecule is CC1CN([N+](=O)[O-])C(C)CN1. The molecule has 1 rings (SSSR count). The Morgan fingerprint density at radius 2 is 2.27 bits per heavy atom. The summed E-state index contributed by atoms with van der Waals surface area (Å²) in [5.41, 5.74) is 0. The first-order valence-electron chi connectivity index (χ1n) is 3.75. The number of rotatable bonds is 1. The molecule has 5 nitrogen and oxygen atoms in total. The molecule has 1 fully saturated rings. The van der Waals surface area contributed by atoms with Crippen LogP contribution in [0.15, 0.2) is 0 Å². The van der Waals surface area contributed by atoms with Crippen LogP contribution in [0.4, 0.5) is 0 Å². The third kappa shape index (κ3) is 1.80. The number of hydrogen-bond acceptors (Lipinski definition) is 3. The third-order valence-electron chi connectivity index (χ3n) is 1.94. The molecule has 64 valence electrons. The van der Waals surface area contributed by atoms with Crippen LogP contribution in [0.1, 0.15) is 13.8 Å². The van der Waals surface area contributed by atoms with Gasteiger partial charge in [-0.25, -0.2) is 10.1 Å². The van der Waals surface area contributed by atoms with Gasteiger partial charge in [0.2, 0.25) is 0 Å². The van der Waals surface area contributed by atoms with Crippen LogP contribution in [0.2, 0.25) is 0 Å². The van der Waals surface area contributed by atoms with Crippen molar-refractivity contribution in [2.75, 3.05) is 13.1 Å². The van der Waals surface area contributed by atoms with Crippen molar-refractivity contribution in [3.05, 3.63) is 10.1 Å². The van der Waals surface area contributed by atoms with Crippen molar-refractivity contribution >= 4 is 0 Å². The molecule has 0 aromatic rings.